The van der Waals surface area contributed by atoms with Crippen molar-refractivity contribution in [2.45, 2.75) is 31.9 Å². The van der Waals surface area contributed by atoms with Crippen molar-refractivity contribution in [2.75, 3.05) is 18.0 Å². The lowest BCUT2D eigenvalue weighted by Gasteiger charge is -2.35. The molecule has 0 aromatic carbocycles. The molecule has 3 rings (SSSR count). The number of aromatic nitrogens is 4. The summed E-state index contributed by atoms with van der Waals surface area (Å²) in [6, 6.07) is -0.357. The number of nitrogens with zero attached hydrogens (tertiary/aromatic N) is 4. The number of aromatic amines is 1. The highest BCUT2D eigenvalue weighted by Gasteiger charge is 2.31. The van der Waals surface area contributed by atoms with Gasteiger partial charge < -0.3 is 20.3 Å². The minimum atomic E-state index is -0.718. The van der Waals surface area contributed by atoms with Crippen LogP contribution in [0.4, 0.5) is 5.13 Å². The van der Waals surface area contributed by atoms with Crippen molar-refractivity contribution in [1.82, 2.24) is 25.5 Å². The lowest BCUT2D eigenvalue weighted by Crippen LogP contribution is -2.54. The van der Waals surface area contributed by atoms with Gasteiger partial charge in [0, 0.05) is 13.1 Å². The summed E-state index contributed by atoms with van der Waals surface area (Å²) in [7, 11) is 0. The number of aliphatic hydroxyl groups is 1. The number of halogens is 1. The normalized spacial score (nSPS) is 20.5. The maximum Gasteiger partial charge on any atom is 0.287 e. The maximum atomic E-state index is 12.3. The van der Waals surface area contributed by atoms with E-state index in [1.54, 1.807) is 6.08 Å². The third-order valence-corrected chi connectivity index (χ3v) is 5.36. The molecule has 2 aromatic rings. The van der Waals surface area contributed by atoms with E-state index in [1.165, 1.54) is 11.3 Å². The fourth-order valence-electron chi connectivity index (χ4n) is 2.68. The molecule has 1 aliphatic rings. The van der Waals surface area contributed by atoms with Gasteiger partial charge in [0.2, 0.25) is 5.13 Å². The number of hydrogen-bond acceptors (Lipinski definition) is 7. The zero-order valence-electron chi connectivity index (χ0n) is 13.7. The van der Waals surface area contributed by atoms with Crippen LogP contribution in [0.15, 0.2) is 6.58 Å². The number of hydrogen-bond donors (Lipinski definition) is 3. The van der Waals surface area contributed by atoms with Gasteiger partial charge in [0.05, 0.1) is 17.8 Å². The second-order valence-electron chi connectivity index (χ2n) is 5.72. The second kappa shape index (κ2) is 7.51. The Labute approximate surface area is 153 Å². The van der Waals surface area contributed by atoms with Crippen molar-refractivity contribution in [3.8, 4) is 0 Å². The van der Waals surface area contributed by atoms with Crippen molar-refractivity contribution in [3.63, 3.8) is 0 Å². The largest absolute Gasteiger partial charge is 0.389 e. The molecule has 1 aliphatic heterocycles. The molecule has 1 saturated heterocycles. The zero-order chi connectivity index (χ0) is 18.0. The van der Waals surface area contributed by atoms with E-state index in [0.29, 0.717) is 31.1 Å². The molecule has 134 valence electrons. The van der Waals surface area contributed by atoms with Gasteiger partial charge >= 0.3 is 0 Å². The van der Waals surface area contributed by atoms with Crippen LogP contribution in [0.3, 0.4) is 0 Å². The summed E-state index contributed by atoms with van der Waals surface area (Å²) in [5.74, 6) is -0.208. The molecule has 10 heteroatoms. The van der Waals surface area contributed by atoms with Gasteiger partial charge in [0.15, 0.2) is 11.0 Å². The van der Waals surface area contributed by atoms with Crippen molar-refractivity contribution in [2.24, 2.45) is 0 Å². The number of piperidine rings is 1. The first-order valence-electron chi connectivity index (χ1n) is 7.96. The number of rotatable bonds is 5. The fourth-order valence-corrected chi connectivity index (χ4v) is 3.67. The molecule has 0 spiro atoms. The third kappa shape index (κ3) is 3.83. The van der Waals surface area contributed by atoms with Crippen LogP contribution in [0, 0.1) is 0 Å². The monoisotopic (exact) mass is 382 g/mol. The highest BCUT2D eigenvalue weighted by Crippen LogP contribution is 2.24. The Bertz CT molecular complexity index is 776. The Hall–Kier alpha value is -1.97. The van der Waals surface area contributed by atoms with E-state index in [4.69, 9.17) is 11.6 Å². The molecule has 3 N–H and O–H groups in total. The predicted octanol–water partition coefficient (Wildman–Crippen LogP) is 1.49. The first-order valence-corrected chi connectivity index (χ1v) is 9.15. The van der Waals surface area contributed by atoms with Crippen molar-refractivity contribution >= 4 is 40.1 Å². The molecular formula is C15H19ClN6O2S. The summed E-state index contributed by atoms with van der Waals surface area (Å²) in [6.45, 7) is 6.62. The summed E-state index contributed by atoms with van der Waals surface area (Å²) in [5, 5.41) is 23.1. The minimum absolute atomic E-state index is 0.163. The number of aliphatic hydroxyl groups excluding tert-OH is 1. The number of aryl methyl sites for hydroxylation is 1. The van der Waals surface area contributed by atoms with Crippen molar-refractivity contribution in [1.29, 1.82) is 0 Å². The summed E-state index contributed by atoms with van der Waals surface area (Å²) in [5.41, 5.74) is 0.719. The quantitative estimate of drug-likeness (QED) is 0.723. The van der Waals surface area contributed by atoms with Crippen LogP contribution in [-0.4, -0.2) is 56.4 Å². The Morgan fingerprint density at radius 3 is 3.00 bits per heavy atom. The lowest BCUT2D eigenvalue weighted by atomic mass is 10.0. The van der Waals surface area contributed by atoms with E-state index in [9.17, 15) is 9.90 Å². The van der Waals surface area contributed by atoms with Crippen LogP contribution in [-0.2, 0) is 6.42 Å². The van der Waals surface area contributed by atoms with Gasteiger partial charge in [-0.15, -0.1) is 10.2 Å². The van der Waals surface area contributed by atoms with Gasteiger partial charge in [-0.05, 0) is 18.9 Å². The topological polar surface area (TPSA) is 107 Å². The van der Waals surface area contributed by atoms with E-state index in [1.807, 2.05) is 11.8 Å². The molecule has 1 fully saturated rings. The van der Waals surface area contributed by atoms with Crippen LogP contribution in [0.25, 0.3) is 6.08 Å². The standard InChI is InChI=1S/C15H19ClN6O2S/c1-3-8-12(16)19-13(17-8)14(24)18-9-5-6-22(7-10(9)23)15-21-20-11(4-2)25-15/h4,9-10,23H,2-3,5-7H2,1H3,(H,17,19)(H,18,24). The van der Waals surface area contributed by atoms with E-state index in [0.717, 1.165) is 15.8 Å². The van der Waals surface area contributed by atoms with Crippen LogP contribution < -0.4 is 10.2 Å². The SMILES string of the molecule is C=Cc1nnc(N2CCC(NC(=O)c3nc(Cl)c(CC)[nH]3)C(O)C2)s1. The number of imidazole rings is 1. The fraction of sp³-hybridized carbons (Fsp3) is 0.467. The molecule has 2 unspecified atom stereocenters. The maximum absolute atomic E-state index is 12.3. The number of anilines is 1. The first-order chi connectivity index (χ1) is 12.0. The third-order valence-electron chi connectivity index (χ3n) is 4.07. The van der Waals surface area contributed by atoms with Gasteiger partial charge in [0.25, 0.3) is 5.91 Å². The predicted molar refractivity (Wildman–Crippen MR) is 97.1 cm³/mol. The summed E-state index contributed by atoms with van der Waals surface area (Å²) < 4.78 is 0. The minimum Gasteiger partial charge on any atom is -0.389 e. The first kappa shape index (κ1) is 17.8. The van der Waals surface area contributed by atoms with E-state index >= 15 is 0 Å². The molecule has 1 amide bonds. The molecule has 2 atom stereocenters. The van der Waals surface area contributed by atoms with E-state index < -0.39 is 6.10 Å². The van der Waals surface area contributed by atoms with Crippen molar-refractivity contribution < 1.29 is 9.90 Å². The molecule has 2 aromatic heterocycles. The zero-order valence-corrected chi connectivity index (χ0v) is 15.3. The van der Waals surface area contributed by atoms with E-state index in [2.05, 4.69) is 32.1 Å². The smallest absolute Gasteiger partial charge is 0.287 e. The molecule has 8 nitrogen and oxygen atoms in total. The van der Waals surface area contributed by atoms with E-state index in [-0.39, 0.29) is 17.8 Å². The van der Waals surface area contributed by atoms with Gasteiger partial charge in [-0.3, -0.25) is 4.79 Å². The highest BCUT2D eigenvalue weighted by atomic mass is 35.5. The van der Waals surface area contributed by atoms with Crippen LogP contribution >= 0.6 is 22.9 Å². The number of nitrogens with one attached hydrogen (secondary N) is 2. The van der Waals surface area contributed by atoms with Crippen LogP contribution in [0.2, 0.25) is 5.15 Å². The second-order valence-corrected chi connectivity index (χ2v) is 7.06. The molecule has 0 radical (unpaired) electrons. The number of H-pyrrole nitrogens is 1. The Balaban J connectivity index is 1.61. The van der Waals surface area contributed by atoms with Gasteiger partial charge in [-0.25, -0.2) is 4.98 Å². The summed E-state index contributed by atoms with van der Waals surface area (Å²) >= 11 is 7.38. The number of carbonyl (C=O) groups is 1. The Morgan fingerprint density at radius 1 is 1.60 bits per heavy atom. The van der Waals surface area contributed by atoms with Crippen molar-refractivity contribution in [3.05, 3.63) is 28.3 Å². The number of carbonyl (C=O) groups excluding carboxylic acids is 1. The molecule has 3 heterocycles. The van der Waals surface area contributed by atoms with Gasteiger partial charge in [-0.2, -0.15) is 0 Å². The highest BCUT2D eigenvalue weighted by molar-refractivity contribution is 7.16. The molecular weight excluding hydrogens is 364 g/mol. The molecule has 0 aliphatic carbocycles. The van der Waals surface area contributed by atoms with Gasteiger partial charge in [0.1, 0.15) is 5.01 Å². The Morgan fingerprint density at radius 2 is 2.40 bits per heavy atom. The molecule has 0 saturated carbocycles. The number of amides is 1. The summed E-state index contributed by atoms with van der Waals surface area (Å²) in [6.07, 6.45) is 2.17. The molecule has 25 heavy (non-hydrogen) atoms. The molecule has 0 bridgehead atoms. The van der Waals surface area contributed by atoms with Crippen LogP contribution in [0.1, 0.15) is 34.7 Å². The average molecular weight is 383 g/mol. The lowest BCUT2D eigenvalue weighted by molar-refractivity contribution is 0.0790. The summed E-state index contributed by atoms with van der Waals surface area (Å²) in [4.78, 5) is 21.2. The van der Waals surface area contributed by atoms with Gasteiger partial charge in [-0.1, -0.05) is 36.4 Å². The Kier molecular flexibility index (Phi) is 5.36. The average Bonchev–Trinajstić information content (AvgIpc) is 3.23. The van der Waals surface area contributed by atoms with Crippen LogP contribution in [0.5, 0.6) is 0 Å². The number of β-amino-alcohol motifs (C(OH)–C–C–N with tert-alkyl or cyclic N) is 1.